The molecule has 1 saturated heterocycles. The molecule has 1 aromatic carbocycles. The molecule has 0 amide bonds. The fourth-order valence-corrected chi connectivity index (χ4v) is 3.69. The number of halogens is 2. The first-order chi connectivity index (χ1) is 9.82. The van der Waals surface area contributed by atoms with Crippen molar-refractivity contribution in [2.45, 2.75) is 51.6 Å². The van der Waals surface area contributed by atoms with Gasteiger partial charge in [0.05, 0.1) is 11.2 Å². The van der Waals surface area contributed by atoms with Crippen LogP contribution < -0.4 is 5.46 Å². The van der Waals surface area contributed by atoms with Gasteiger partial charge in [-0.1, -0.05) is 0 Å². The van der Waals surface area contributed by atoms with Gasteiger partial charge in [0.1, 0.15) is 5.75 Å². The van der Waals surface area contributed by atoms with Gasteiger partial charge in [0.15, 0.2) is 0 Å². The molecule has 0 radical (unpaired) electrons. The smallest absolute Gasteiger partial charge is 0.399 e. The Morgan fingerprint density at radius 1 is 1.18 bits per heavy atom. The quantitative estimate of drug-likeness (QED) is 0.412. The minimum Gasteiger partial charge on any atom is -0.399 e. The third-order valence-electron chi connectivity index (χ3n) is 4.36. The van der Waals surface area contributed by atoms with Crippen molar-refractivity contribution in [1.29, 1.82) is 0 Å². The highest BCUT2D eigenvalue weighted by atomic mass is 127. The summed E-state index contributed by atoms with van der Waals surface area (Å²) in [7, 11) is -5.18. The summed E-state index contributed by atoms with van der Waals surface area (Å²) < 4.78 is 47.8. The monoisotopic (exact) mass is 440 g/mol. The van der Waals surface area contributed by atoms with Crippen molar-refractivity contribution >= 4 is 45.4 Å². The molecule has 0 aromatic heterocycles. The lowest BCUT2D eigenvalue weighted by atomic mass is 9.75. The van der Waals surface area contributed by atoms with E-state index in [-0.39, 0.29) is 0 Å². The molecule has 0 N–H and O–H groups in total. The summed E-state index contributed by atoms with van der Waals surface area (Å²) in [5.41, 5.74) is 0.874. The molecule has 1 aliphatic rings. The molecule has 0 saturated carbocycles. The Labute approximate surface area is 145 Å². The first kappa shape index (κ1) is 18.2. The summed E-state index contributed by atoms with van der Waals surface area (Å²) >= 11 is 2.07. The largest absolute Gasteiger partial charge is 0.495 e. The van der Waals surface area contributed by atoms with E-state index in [0.717, 1.165) is 9.03 Å². The second kappa shape index (κ2) is 5.72. The molecule has 1 heterocycles. The van der Waals surface area contributed by atoms with Crippen LogP contribution in [0.5, 0.6) is 0 Å². The highest BCUT2D eigenvalue weighted by Crippen LogP contribution is 2.37. The maximum Gasteiger partial charge on any atom is 0.495 e. The molecule has 2 rings (SSSR count). The van der Waals surface area contributed by atoms with Crippen molar-refractivity contribution < 1.29 is 21.6 Å². The van der Waals surface area contributed by atoms with Crippen LogP contribution in [0.1, 0.15) is 38.8 Å². The van der Waals surface area contributed by atoms with Crippen LogP contribution in [0.4, 0.5) is 3.89 Å². The molecule has 4 nitrogen and oxygen atoms in total. The minimum atomic E-state index is -4.59. The minimum absolute atomic E-state index is 0.430. The lowest BCUT2D eigenvalue weighted by molar-refractivity contribution is 0.00578. The van der Waals surface area contributed by atoms with Gasteiger partial charge in [0.25, 0.3) is 0 Å². The topological polar surface area (TPSA) is 52.6 Å². The van der Waals surface area contributed by atoms with Crippen LogP contribution in [-0.2, 0) is 25.3 Å². The third kappa shape index (κ3) is 3.65. The second-order valence-electron chi connectivity index (χ2n) is 6.55. The molecule has 0 bridgehead atoms. The molecule has 0 spiro atoms. The van der Waals surface area contributed by atoms with Crippen LogP contribution in [0.2, 0.25) is 0 Å². The van der Waals surface area contributed by atoms with Crippen molar-refractivity contribution in [3.8, 4) is 0 Å². The van der Waals surface area contributed by atoms with Gasteiger partial charge in [0, 0.05) is 3.57 Å². The Balaban J connectivity index is 2.45. The van der Waals surface area contributed by atoms with Gasteiger partial charge in [-0.15, -0.1) is 3.89 Å². The fraction of sp³-hybridized carbons (Fsp3) is 0.571. The molecular weight excluding hydrogens is 421 g/mol. The number of benzene rings is 1. The van der Waals surface area contributed by atoms with Crippen molar-refractivity contribution in [2.75, 3.05) is 0 Å². The predicted octanol–water partition coefficient (Wildman–Crippen LogP) is 2.70. The highest BCUT2D eigenvalue weighted by molar-refractivity contribution is 14.1. The Morgan fingerprint density at radius 3 is 2.14 bits per heavy atom. The zero-order chi connectivity index (χ0) is 16.9. The van der Waals surface area contributed by atoms with E-state index in [2.05, 4.69) is 22.6 Å². The van der Waals surface area contributed by atoms with Crippen LogP contribution in [0.25, 0.3) is 0 Å². The maximum absolute atomic E-state index is 13.0. The van der Waals surface area contributed by atoms with Gasteiger partial charge in [-0.05, 0) is 85.9 Å². The molecule has 22 heavy (non-hydrogen) atoms. The molecule has 0 aliphatic carbocycles. The van der Waals surface area contributed by atoms with Gasteiger partial charge in [-0.3, -0.25) is 0 Å². The normalized spacial score (nSPS) is 20.4. The SMILES string of the molecule is Cc1c(CS(=O)(=O)F)cc(I)cc1B1OC(C)(C)C(C)(C)O1. The van der Waals surface area contributed by atoms with Crippen molar-refractivity contribution in [3.63, 3.8) is 0 Å². The van der Waals surface area contributed by atoms with Gasteiger partial charge in [-0.2, -0.15) is 8.42 Å². The second-order valence-corrected chi connectivity index (χ2v) is 9.16. The first-order valence-electron chi connectivity index (χ1n) is 6.89. The van der Waals surface area contributed by atoms with E-state index in [0.29, 0.717) is 11.1 Å². The van der Waals surface area contributed by atoms with Crippen molar-refractivity contribution in [2.24, 2.45) is 0 Å². The lowest BCUT2D eigenvalue weighted by Gasteiger charge is -2.32. The standard InChI is InChI=1S/C14H19BFIO4S/c1-9-10(8-22(16,18)19)6-11(17)7-12(9)15-20-13(2,3)14(4,5)21-15/h6-7H,8H2,1-5H3. The average Bonchev–Trinajstić information content (AvgIpc) is 2.50. The Hall–Kier alpha value is -0.185. The molecule has 122 valence electrons. The van der Waals surface area contributed by atoms with Crippen LogP contribution in [0.15, 0.2) is 12.1 Å². The average molecular weight is 440 g/mol. The van der Waals surface area contributed by atoms with Gasteiger partial charge < -0.3 is 9.31 Å². The molecule has 0 atom stereocenters. The number of hydrogen-bond donors (Lipinski definition) is 0. The van der Waals surface area contributed by atoms with E-state index >= 15 is 0 Å². The molecule has 1 aromatic rings. The van der Waals surface area contributed by atoms with E-state index in [1.807, 2.05) is 33.8 Å². The summed E-state index contributed by atoms with van der Waals surface area (Å²) in [6.45, 7) is 9.55. The Kier molecular flexibility index (Phi) is 4.72. The van der Waals surface area contributed by atoms with Crippen molar-refractivity contribution in [1.82, 2.24) is 0 Å². The predicted molar refractivity (Wildman–Crippen MR) is 93.3 cm³/mol. The van der Waals surface area contributed by atoms with Crippen LogP contribution >= 0.6 is 22.6 Å². The summed E-state index contributed by atoms with van der Waals surface area (Å²) in [6, 6.07) is 3.55. The van der Waals surface area contributed by atoms with Crippen LogP contribution in [0, 0.1) is 10.5 Å². The number of rotatable bonds is 3. The highest BCUT2D eigenvalue weighted by Gasteiger charge is 2.52. The van der Waals surface area contributed by atoms with Gasteiger partial charge in [-0.25, -0.2) is 0 Å². The van der Waals surface area contributed by atoms with E-state index in [1.54, 1.807) is 13.0 Å². The van der Waals surface area contributed by atoms with E-state index in [1.165, 1.54) is 0 Å². The molecule has 0 unspecified atom stereocenters. The van der Waals surface area contributed by atoms with Crippen LogP contribution in [0.3, 0.4) is 0 Å². The zero-order valence-electron chi connectivity index (χ0n) is 13.2. The first-order valence-corrected chi connectivity index (χ1v) is 9.52. The molecule has 1 aliphatic heterocycles. The van der Waals surface area contributed by atoms with E-state index in [4.69, 9.17) is 9.31 Å². The van der Waals surface area contributed by atoms with E-state index in [9.17, 15) is 12.3 Å². The number of hydrogen-bond acceptors (Lipinski definition) is 4. The van der Waals surface area contributed by atoms with Crippen molar-refractivity contribution in [3.05, 3.63) is 26.8 Å². The van der Waals surface area contributed by atoms with Crippen LogP contribution in [-0.4, -0.2) is 26.7 Å². The maximum atomic E-state index is 13.0. The fourth-order valence-electron chi connectivity index (χ4n) is 2.31. The zero-order valence-corrected chi connectivity index (χ0v) is 16.2. The molecule has 1 fully saturated rings. The Bertz CT molecular complexity index is 687. The summed E-state index contributed by atoms with van der Waals surface area (Å²) in [4.78, 5) is 0. The Morgan fingerprint density at radius 2 is 1.68 bits per heavy atom. The van der Waals surface area contributed by atoms with Gasteiger partial charge >= 0.3 is 17.3 Å². The lowest BCUT2D eigenvalue weighted by Crippen LogP contribution is -2.41. The summed E-state index contributed by atoms with van der Waals surface area (Å²) in [5, 5.41) is 0. The third-order valence-corrected chi connectivity index (χ3v) is 5.63. The van der Waals surface area contributed by atoms with E-state index < -0.39 is 34.3 Å². The summed E-state index contributed by atoms with van der Waals surface area (Å²) in [5.74, 6) is -0.637. The van der Waals surface area contributed by atoms with Gasteiger partial charge in [0.2, 0.25) is 0 Å². The summed E-state index contributed by atoms with van der Waals surface area (Å²) in [6.07, 6.45) is 0. The molecular formula is C14H19BFIO4S. The molecule has 8 heteroatoms.